The van der Waals surface area contributed by atoms with Gasteiger partial charge in [-0.3, -0.25) is 10.1 Å². The van der Waals surface area contributed by atoms with E-state index in [9.17, 15) is 22.8 Å². The van der Waals surface area contributed by atoms with Crippen LogP contribution in [0.3, 0.4) is 0 Å². The van der Waals surface area contributed by atoms with E-state index in [2.05, 4.69) is 10.1 Å². The van der Waals surface area contributed by atoms with E-state index in [-0.39, 0.29) is 6.61 Å². The fourth-order valence-electron chi connectivity index (χ4n) is 2.04. The molecule has 3 atom stereocenters. The summed E-state index contributed by atoms with van der Waals surface area (Å²) in [6.07, 6.45) is -6.79. The molecule has 1 aromatic carbocycles. The van der Waals surface area contributed by atoms with Crippen LogP contribution in [-0.2, 0) is 25.7 Å². The summed E-state index contributed by atoms with van der Waals surface area (Å²) in [4.78, 5) is 23.7. The number of esters is 1. The first-order valence-corrected chi connectivity index (χ1v) is 7.22. The highest BCUT2D eigenvalue weighted by molar-refractivity contribution is 5.87. The van der Waals surface area contributed by atoms with Gasteiger partial charge in [-0.15, -0.1) is 0 Å². The molecule has 0 unspecified atom stereocenters. The van der Waals surface area contributed by atoms with Gasteiger partial charge < -0.3 is 14.8 Å². The molecule has 6 nitrogen and oxygen atoms in total. The van der Waals surface area contributed by atoms with Crippen LogP contribution in [0.2, 0.25) is 0 Å². The molecule has 0 spiro atoms. The Morgan fingerprint density at radius 1 is 1.38 bits per heavy atom. The van der Waals surface area contributed by atoms with E-state index < -0.39 is 43.0 Å². The molecule has 1 aliphatic heterocycles. The number of carbonyl (C=O) groups is 2. The number of alkyl halides is 3. The second kappa shape index (κ2) is 7.63. The molecule has 2 N–H and O–H groups in total. The number of amides is 1. The first-order valence-electron chi connectivity index (χ1n) is 7.22. The van der Waals surface area contributed by atoms with Gasteiger partial charge in [-0.1, -0.05) is 30.3 Å². The van der Waals surface area contributed by atoms with E-state index in [0.717, 1.165) is 5.56 Å². The third-order valence-electron chi connectivity index (χ3n) is 3.33. The summed E-state index contributed by atoms with van der Waals surface area (Å²) in [7, 11) is 0. The van der Waals surface area contributed by atoms with Crippen LogP contribution in [0.25, 0.3) is 0 Å². The quantitative estimate of drug-likeness (QED) is 0.781. The molecule has 1 fully saturated rings. The fraction of sp³-hybridized carbons (Fsp3) is 0.467. The fourth-order valence-corrected chi connectivity index (χ4v) is 2.04. The molecule has 0 aromatic heterocycles. The van der Waals surface area contributed by atoms with Crippen LogP contribution in [0.1, 0.15) is 12.5 Å². The number of halogens is 3. The average molecular weight is 346 g/mol. The lowest BCUT2D eigenvalue weighted by molar-refractivity contribution is -0.212. The van der Waals surface area contributed by atoms with E-state index in [4.69, 9.17) is 4.74 Å². The molecule has 1 amide bonds. The monoisotopic (exact) mass is 346 g/mol. The molecule has 1 aliphatic rings. The van der Waals surface area contributed by atoms with Crippen LogP contribution in [0, 0.1) is 0 Å². The lowest BCUT2D eigenvalue weighted by Gasteiger charge is -2.17. The predicted molar refractivity (Wildman–Crippen MR) is 76.6 cm³/mol. The topological polar surface area (TPSA) is 76.7 Å². The van der Waals surface area contributed by atoms with Crippen molar-refractivity contribution in [1.82, 2.24) is 10.6 Å². The minimum Gasteiger partial charge on any atom is -0.459 e. The molecule has 0 bridgehead atoms. The molecule has 1 heterocycles. The predicted octanol–water partition coefficient (Wildman–Crippen LogP) is 1.11. The van der Waals surface area contributed by atoms with Crippen LogP contribution in [0.5, 0.6) is 0 Å². The van der Waals surface area contributed by atoms with E-state index in [1.807, 2.05) is 11.4 Å². The zero-order valence-electron chi connectivity index (χ0n) is 12.8. The number of ether oxygens (including phenoxy) is 2. The minimum atomic E-state index is -4.60. The number of rotatable bonds is 5. The van der Waals surface area contributed by atoms with Crippen molar-refractivity contribution in [3.63, 3.8) is 0 Å². The molecule has 0 saturated carbocycles. The van der Waals surface area contributed by atoms with Crippen molar-refractivity contribution in [2.75, 3.05) is 6.61 Å². The van der Waals surface area contributed by atoms with Gasteiger partial charge >= 0.3 is 12.1 Å². The van der Waals surface area contributed by atoms with Gasteiger partial charge in [0.2, 0.25) is 12.1 Å². The van der Waals surface area contributed by atoms with Crippen LogP contribution >= 0.6 is 0 Å². The average Bonchev–Trinajstić information content (AvgIpc) is 3.04. The molecule has 0 aliphatic carbocycles. The Morgan fingerprint density at radius 2 is 2.04 bits per heavy atom. The largest absolute Gasteiger partial charge is 0.459 e. The van der Waals surface area contributed by atoms with Crippen LogP contribution in [0.15, 0.2) is 30.3 Å². The third-order valence-corrected chi connectivity index (χ3v) is 3.33. The number of hydrogen-bond donors (Lipinski definition) is 2. The number of nitrogens with one attached hydrogen (secondary N) is 2. The third kappa shape index (κ3) is 4.93. The summed E-state index contributed by atoms with van der Waals surface area (Å²) in [6, 6.07) is 6.77. The smallest absolute Gasteiger partial charge is 0.428 e. The Kier molecular flexibility index (Phi) is 5.79. The van der Waals surface area contributed by atoms with Crippen molar-refractivity contribution in [3.05, 3.63) is 35.9 Å². The van der Waals surface area contributed by atoms with Gasteiger partial charge in [-0.25, -0.2) is 4.79 Å². The SMILES string of the molecule is C[C@H](NC(=O)[C@@H]1CO[C@@H](C(F)(F)F)N1)C(=O)OCc1ccccc1. The van der Waals surface area contributed by atoms with E-state index in [1.54, 1.807) is 24.3 Å². The Balaban J connectivity index is 1.78. The lowest BCUT2D eigenvalue weighted by Crippen LogP contribution is -2.51. The molecular formula is C15H17F3N2O4. The van der Waals surface area contributed by atoms with Crippen molar-refractivity contribution < 1.29 is 32.2 Å². The molecule has 2 rings (SSSR count). The Labute approximate surface area is 136 Å². The second-order valence-electron chi connectivity index (χ2n) is 5.30. The maximum Gasteiger partial charge on any atom is 0.428 e. The summed E-state index contributed by atoms with van der Waals surface area (Å²) < 4.78 is 46.9. The molecular weight excluding hydrogens is 329 g/mol. The van der Waals surface area contributed by atoms with Crippen LogP contribution in [-0.4, -0.2) is 43.0 Å². The molecule has 132 valence electrons. The Bertz CT molecular complexity index is 580. The maximum atomic E-state index is 12.5. The first kappa shape index (κ1) is 18.2. The first-order chi connectivity index (χ1) is 11.3. The van der Waals surface area contributed by atoms with E-state index in [1.165, 1.54) is 6.92 Å². The minimum absolute atomic E-state index is 0.0425. The molecule has 9 heteroatoms. The highest BCUT2D eigenvalue weighted by Gasteiger charge is 2.47. The Hall–Kier alpha value is -2.13. The summed E-state index contributed by atoms with van der Waals surface area (Å²) >= 11 is 0. The molecule has 0 radical (unpaired) electrons. The highest BCUT2D eigenvalue weighted by Crippen LogP contribution is 2.24. The second-order valence-corrected chi connectivity index (χ2v) is 5.30. The number of hydrogen-bond acceptors (Lipinski definition) is 5. The van der Waals surface area contributed by atoms with Crippen molar-refractivity contribution in [2.45, 2.75) is 38.0 Å². The van der Waals surface area contributed by atoms with Crippen molar-refractivity contribution in [2.24, 2.45) is 0 Å². The van der Waals surface area contributed by atoms with Crippen LogP contribution in [0.4, 0.5) is 13.2 Å². The summed E-state index contributed by atoms with van der Waals surface area (Å²) in [6.45, 7) is 1.00. The van der Waals surface area contributed by atoms with E-state index in [0.29, 0.717) is 0 Å². The zero-order valence-corrected chi connectivity index (χ0v) is 12.8. The van der Waals surface area contributed by atoms with Crippen molar-refractivity contribution >= 4 is 11.9 Å². The standard InChI is InChI=1S/C15H17F3N2O4/c1-9(13(22)23-7-10-5-3-2-4-6-10)19-12(21)11-8-24-14(20-11)15(16,17)18/h2-6,9,11,14,20H,7-8H2,1H3,(H,19,21)/t9-,11-,14-/m0/s1. The number of benzene rings is 1. The van der Waals surface area contributed by atoms with Gasteiger partial charge in [0.25, 0.3) is 0 Å². The summed E-state index contributed by atoms with van der Waals surface area (Å²) in [5.74, 6) is -1.44. The van der Waals surface area contributed by atoms with Gasteiger partial charge in [0.15, 0.2) is 0 Å². The normalized spacial score (nSPS) is 22.0. The summed E-state index contributed by atoms with van der Waals surface area (Å²) in [5, 5.41) is 4.33. The van der Waals surface area contributed by atoms with Gasteiger partial charge in [0.05, 0.1) is 6.61 Å². The molecule has 24 heavy (non-hydrogen) atoms. The Morgan fingerprint density at radius 3 is 2.62 bits per heavy atom. The number of carbonyl (C=O) groups excluding carboxylic acids is 2. The van der Waals surface area contributed by atoms with Crippen LogP contribution < -0.4 is 10.6 Å². The van der Waals surface area contributed by atoms with E-state index >= 15 is 0 Å². The van der Waals surface area contributed by atoms with Gasteiger partial charge in [0, 0.05) is 0 Å². The summed E-state index contributed by atoms with van der Waals surface area (Å²) in [5.41, 5.74) is 0.781. The molecule has 1 saturated heterocycles. The van der Waals surface area contributed by atoms with Gasteiger partial charge in [0.1, 0.15) is 18.7 Å². The molecule has 1 aromatic rings. The van der Waals surface area contributed by atoms with Gasteiger partial charge in [-0.2, -0.15) is 13.2 Å². The zero-order chi connectivity index (χ0) is 17.7. The van der Waals surface area contributed by atoms with Crippen molar-refractivity contribution in [1.29, 1.82) is 0 Å². The lowest BCUT2D eigenvalue weighted by atomic mass is 10.2. The maximum absolute atomic E-state index is 12.5. The van der Waals surface area contributed by atoms with Gasteiger partial charge in [-0.05, 0) is 12.5 Å². The van der Waals surface area contributed by atoms with Crippen molar-refractivity contribution in [3.8, 4) is 0 Å². The highest BCUT2D eigenvalue weighted by atomic mass is 19.4.